The van der Waals surface area contributed by atoms with Crippen LogP contribution in [-0.2, 0) is 6.54 Å². The van der Waals surface area contributed by atoms with Gasteiger partial charge in [0.2, 0.25) is 5.95 Å². The van der Waals surface area contributed by atoms with Gasteiger partial charge < -0.3 is 15.1 Å². The summed E-state index contributed by atoms with van der Waals surface area (Å²) in [6, 6.07) is 5.10. The number of H-pyrrole nitrogens is 1. The molecule has 2 aromatic heterocycles. The topological polar surface area (TPSA) is 91.4 Å². The zero-order valence-corrected chi connectivity index (χ0v) is 12.1. The molecule has 0 atom stereocenters. The van der Waals surface area contributed by atoms with Crippen LogP contribution in [0.4, 0.5) is 11.8 Å². The average molecular weight is 310 g/mol. The van der Waals surface area contributed by atoms with Crippen LogP contribution >= 0.6 is 11.6 Å². The van der Waals surface area contributed by atoms with Gasteiger partial charge in [-0.15, -0.1) is 0 Å². The normalized spacial score (nSPS) is 16.3. The number of piperazine rings is 1. The molecule has 0 unspecified atom stereocenters. The highest BCUT2D eigenvalue weighted by Gasteiger charge is 2.19. The predicted molar refractivity (Wildman–Crippen MR) is 80.5 cm³/mol. The number of anilines is 2. The Morgan fingerprint density at radius 2 is 2.10 bits per heavy atom. The Morgan fingerprint density at radius 3 is 2.71 bits per heavy atom. The van der Waals surface area contributed by atoms with Crippen molar-refractivity contribution in [3.8, 4) is 0 Å². The van der Waals surface area contributed by atoms with Gasteiger partial charge in [-0.2, -0.15) is 4.98 Å². The lowest BCUT2D eigenvalue weighted by Crippen LogP contribution is -2.46. The van der Waals surface area contributed by atoms with Crippen molar-refractivity contribution in [2.24, 2.45) is 0 Å². The maximum absolute atomic E-state index is 11.4. The predicted octanol–water partition coefficient (Wildman–Crippen LogP) is 0.921. The minimum Gasteiger partial charge on any atom is -0.448 e. The molecule has 21 heavy (non-hydrogen) atoms. The standard InChI is InChI=1S/C13H16ClN5O2/c14-10-2-1-9(21-10)8-18-3-5-19(6-4-18)11-7-12(20)17-13(15)16-11/h1-2,7H,3-6,8H2,(H3,15,16,17,20). The number of hydrogen-bond acceptors (Lipinski definition) is 6. The van der Waals surface area contributed by atoms with Gasteiger partial charge in [0, 0.05) is 32.2 Å². The molecule has 1 aliphatic heterocycles. The minimum atomic E-state index is -0.231. The number of nitrogens with one attached hydrogen (secondary N) is 1. The largest absolute Gasteiger partial charge is 0.448 e. The molecule has 112 valence electrons. The number of nitrogens with two attached hydrogens (primary N) is 1. The van der Waals surface area contributed by atoms with Crippen LogP contribution in [0.15, 0.2) is 27.4 Å². The summed E-state index contributed by atoms with van der Waals surface area (Å²) in [4.78, 5) is 22.3. The molecule has 0 amide bonds. The van der Waals surface area contributed by atoms with Crippen LogP contribution in [0.2, 0.25) is 5.22 Å². The van der Waals surface area contributed by atoms with Crippen LogP contribution in [-0.4, -0.2) is 41.0 Å². The molecule has 1 fully saturated rings. The van der Waals surface area contributed by atoms with E-state index in [1.165, 1.54) is 6.07 Å². The highest BCUT2D eigenvalue weighted by Crippen LogP contribution is 2.17. The first-order valence-electron chi connectivity index (χ1n) is 6.68. The first-order chi connectivity index (χ1) is 10.1. The highest BCUT2D eigenvalue weighted by atomic mass is 35.5. The average Bonchev–Trinajstić information content (AvgIpc) is 2.84. The summed E-state index contributed by atoms with van der Waals surface area (Å²) in [5.74, 6) is 1.62. The number of aromatic amines is 1. The van der Waals surface area contributed by atoms with E-state index < -0.39 is 0 Å². The van der Waals surface area contributed by atoms with Crippen molar-refractivity contribution in [3.05, 3.63) is 39.5 Å². The molecule has 0 saturated carbocycles. The van der Waals surface area contributed by atoms with E-state index >= 15 is 0 Å². The van der Waals surface area contributed by atoms with Gasteiger partial charge in [0.15, 0.2) is 5.22 Å². The van der Waals surface area contributed by atoms with Crippen LogP contribution in [0, 0.1) is 0 Å². The van der Waals surface area contributed by atoms with E-state index in [2.05, 4.69) is 19.8 Å². The highest BCUT2D eigenvalue weighted by molar-refractivity contribution is 6.28. The number of aromatic nitrogens is 2. The lowest BCUT2D eigenvalue weighted by Gasteiger charge is -2.34. The Morgan fingerprint density at radius 1 is 1.33 bits per heavy atom. The Labute approximate surface area is 126 Å². The van der Waals surface area contributed by atoms with Crippen molar-refractivity contribution < 1.29 is 4.42 Å². The van der Waals surface area contributed by atoms with Crippen LogP contribution in [0.1, 0.15) is 5.76 Å². The van der Waals surface area contributed by atoms with Crippen LogP contribution < -0.4 is 16.2 Å². The third-order valence-electron chi connectivity index (χ3n) is 3.45. The van der Waals surface area contributed by atoms with Gasteiger partial charge >= 0.3 is 0 Å². The Balaban J connectivity index is 1.61. The molecule has 1 aliphatic rings. The number of rotatable bonds is 3. The second-order valence-electron chi connectivity index (χ2n) is 4.96. The van der Waals surface area contributed by atoms with Crippen LogP contribution in [0.25, 0.3) is 0 Å². The van der Waals surface area contributed by atoms with Gasteiger partial charge in [-0.1, -0.05) is 0 Å². The number of nitrogens with zero attached hydrogens (tertiary/aromatic N) is 3. The Bertz CT molecular complexity index is 675. The molecular formula is C13H16ClN5O2. The molecule has 3 rings (SSSR count). The molecule has 0 bridgehead atoms. The monoisotopic (exact) mass is 309 g/mol. The van der Waals surface area contributed by atoms with Gasteiger partial charge in [-0.3, -0.25) is 14.7 Å². The van der Waals surface area contributed by atoms with Gasteiger partial charge in [0.05, 0.1) is 6.54 Å². The molecule has 3 heterocycles. The van der Waals surface area contributed by atoms with E-state index in [-0.39, 0.29) is 11.5 Å². The van der Waals surface area contributed by atoms with Crippen LogP contribution in [0.3, 0.4) is 0 Å². The summed E-state index contributed by atoms with van der Waals surface area (Å²) >= 11 is 5.76. The maximum Gasteiger partial charge on any atom is 0.254 e. The quantitative estimate of drug-likeness (QED) is 0.876. The molecule has 2 aromatic rings. The van der Waals surface area contributed by atoms with Gasteiger partial charge in [-0.25, -0.2) is 0 Å². The van der Waals surface area contributed by atoms with Crippen molar-refractivity contribution in [1.29, 1.82) is 0 Å². The number of hydrogen-bond donors (Lipinski definition) is 2. The first kappa shape index (κ1) is 14.0. The summed E-state index contributed by atoms with van der Waals surface area (Å²) in [5, 5.41) is 0.409. The fourth-order valence-corrected chi connectivity index (χ4v) is 2.58. The number of furan rings is 1. The van der Waals surface area contributed by atoms with Crippen molar-refractivity contribution in [1.82, 2.24) is 14.9 Å². The van der Waals surface area contributed by atoms with E-state index in [9.17, 15) is 4.79 Å². The fraction of sp³-hybridized carbons (Fsp3) is 0.385. The number of nitrogen functional groups attached to an aromatic ring is 1. The SMILES string of the molecule is Nc1nc(N2CCN(Cc3ccc(Cl)o3)CC2)cc(=O)[nH]1. The molecule has 8 heteroatoms. The second-order valence-corrected chi connectivity index (χ2v) is 5.33. The molecule has 3 N–H and O–H groups in total. The van der Waals surface area contributed by atoms with E-state index in [0.717, 1.165) is 38.5 Å². The van der Waals surface area contributed by atoms with Gasteiger partial charge in [-0.05, 0) is 23.7 Å². The second kappa shape index (κ2) is 5.79. The lowest BCUT2D eigenvalue weighted by atomic mass is 10.3. The van der Waals surface area contributed by atoms with Crippen molar-refractivity contribution in [2.75, 3.05) is 36.8 Å². The van der Waals surface area contributed by atoms with Crippen molar-refractivity contribution in [2.45, 2.75) is 6.54 Å². The third-order valence-corrected chi connectivity index (χ3v) is 3.65. The molecule has 0 radical (unpaired) electrons. The molecule has 0 aliphatic carbocycles. The molecular weight excluding hydrogens is 294 g/mol. The molecule has 1 saturated heterocycles. The summed E-state index contributed by atoms with van der Waals surface area (Å²) < 4.78 is 5.37. The zero-order chi connectivity index (χ0) is 14.8. The third kappa shape index (κ3) is 3.37. The smallest absolute Gasteiger partial charge is 0.254 e. The minimum absolute atomic E-state index is 0.144. The summed E-state index contributed by atoms with van der Waals surface area (Å²) in [6.07, 6.45) is 0. The van der Waals surface area contributed by atoms with Gasteiger partial charge in [0.25, 0.3) is 5.56 Å². The van der Waals surface area contributed by atoms with E-state index in [1.807, 2.05) is 6.07 Å². The molecule has 0 aromatic carbocycles. The summed E-state index contributed by atoms with van der Waals surface area (Å²) in [7, 11) is 0. The Kier molecular flexibility index (Phi) is 3.85. The summed E-state index contributed by atoms with van der Waals surface area (Å²) in [6.45, 7) is 4.00. The van der Waals surface area contributed by atoms with Gasteiger partial charge in [0.1, 0.15) is 11.6 Å². The first-order valence-corrected chi connectivity index (χ1v) is 7.06. The van der Waals surface area contributed by atoms with E-state index in [1.54, 1.807) is 6.07 Å². The Hall–Kier alpha value is -1.99. The summed E-state index contributed by atoms with van der Waals surface area (Å²) in [5.41, 5.74) is 5.34. The van der Waals surface area contributed by atoms with E-state index in [0.29, 0.717) is 11.0 Å². The fourth-order valence-electron chi connectivity index (χ4n) is 2.42. The van der Waals surface area contributed by atoms with Crippen LogP contribution in [0.5, 0.6) is 0 Å². The van der Waals surface area contributed by atoms with Crippen molar-refractivity contribution >= 4 is 23.4 Å². The molecule has 7 nitrogen and oxygen atoms in total. The lowest BCUT2D eigenvalue weighted by molar-refractivity contribution is 0.230. The maximum atomic E-state index is 11.4. The zero-order valence-electron chi connectivity index (χ0n) is 11.4. The van der Waals surface area contributed by atoms with E-state index in [4.69, 9.17) is 21.8 Å². The molecule has 0 spiro atoms. The number of halogens is 1. The van der Waals surface area contributed by atoms with Crippen molar-refractivity contribution in [3.63, 3.8) is 0 Å².